The quantitative estimate of drug-likeness (QED) is 0.476. The van der Waals surface area contributed by atoms with Gasteiger partial charge in [0, 0.05) is 22.2 Å². The maximum absolute atomic E-state index is 13.1. The molecule has 0 amide bonds. The molecular formula is C23H17Cl2NO4. The van der Waals surface area contributed by atoms with E-state index in [1.54, 1.807) is 30.5 Å². The minimum absolute atomic E-state index is 0.190. The number of fused-ring (bicyclic) bond motifs is 3. The van der Waals surface area contributed by atoms with Crippen molar-refractivity contribution >= 4 is 35.1 Å². The number of ether oxygens (including phenoxy) is 2. The summed E-state index contributed by atoms with van der Waals surface area (Å²) in [6.07, 6.45) is 3.25. The van der Waals surface area contributed by atoms with Gasteiger partial charge in [0.25, 0.3) is 0 Å². The molecular weight excluding hydrogens is 425 g/mol. The van der Waals surface area contributed by atoms with Crippen LogP contribution in [0.3, 0.4) is 0 Å². The maximum atomic E-state index is 13.1. The Morgan fingerprint density at radius 1 is 1.17 bits per heavy atom. The highest BCUT2D eigenvalue weighted by molar-refractivity contribution is 6.37. The summed E-state index contributed by atoms with van der Waals surface area (Å²) < 4.78 is 17.5. The third kappa shape index (κ3) is 3.29. The fourth-order valence-corrected chi connectivity index (χ4v) is 4.29. The van der Waals surface area contributed by atoms with E-state index in [0.29, 0.717) is 46.7 Å². The molecule has 3 aromatic rings. The molecule has 1 aromatic heterocycles. The number of hydrogen-bond donors (Lipinski definition) is 0. The molecule has 0 bridgehead atoms. The molecule has 0 radical (unpaired) electrons. The van der Waals surface area contributed by atoms with Crippen LogP contribution in [-0.4, -0.2) is 17.4 Å². The zero-order valence-corrected chi connectivity index (χ0v) is 17.6. The van der Waals surface area contributed by atoms with Gasteiger partial charge in [0.05, 0.1) is 23.9 Å². The van der Waals surface area contributed by atoms with Gasteiger partial charge in [-0.3, -0.25) is 9.69 Å². The van der Waals surface area contributed by atoms with E-state index in [1.807, 2.05) is 25.1 Å². The lowest BCUT2D eigenvalue weighted by atomic mass is 9.98. The van der Waals surface area contributed by atoms with Gasteiger partial charge in [-0.1, -0.05) is 29.3 Å². The molecule has 2 aliphatic rings. The van der Waals surface area contributed by atoms with Crippen molar-refractivity contribution < 1.29 is 18.7 Å². The van der Waals surface area contributed by atoms with Gasteiger partial charge in [0.2, 0.25) is 5.78 Å². The van der Waals surface area contributed by atoms with Crippen molar-refractivity contribution in [1.29, 1.82) is 0 Å². The molecule has 0 fully saturated rings. The maximum Gasteiger partial charge on any atom is 0.232 e. The Balaban J connectivity index is 1.51. The highest BCUT2D eigenvalue weighted by atomic mass is 35.5. The summed E-state index contributed by atoms with van der Waals surface area (Å²) in [5.74, 6) is 2.11. The summed E-state index contributed by atoms with van der Waals surface area (Å²) in [5.41, 5.74) is 2.75. The number of hydrogen-bond acceptors (Lipinski definition) is 5. The molecule has 0 N–H and O–H groups in total. The third-order valence-corrected chi connectivity index (χ3v) is 5.88. The van der Waals surface area contributed by atoms with Gasteiger partial charge in [-0.25, -0.2) is 0 Å². The number of halogens is 2. The van der Waals surface area contributed by atoms with Crippen LogP contribution in [0.5, 0.6) is 11.5 Å². The first-order valence-electron chi connectivity index (χ1n) is 9.43. The first-order chi connectivity index (χ1) is 14.5. The lowest BCUT2D eigenvalue weighted by Gasteiger charge is -2.29. The molecule has 3 heterocycles. The number of allylic oxidation sites excluding steroid dienone is 1. The molecule has 0 saturated carbocycles. The van der Waals surface area contributed by atoms with Gasteiger partial charge in [0.1, 0.15) is 24.0 Å². The van der Waals surface area contributed by atoms with Gasteiger partial charge < -0.3 is 13.9 Å². The first kappa shape index (κ1) is 19.2. The van der Waals surface area contributed by atoms with Crippen LogP contribution >= 0.6 is 23.2 Å². The predicted octanol–water partition coefficient (Wildman–Crippen LogP) is 5.86. The van der Waals surface area contributed by atoms with E-state index < -0.39 is 0 Å². The standard InChI is InChI=1S/C23H17Cl2NO4/c1-13-8-19-16(11-26(12-29-19)10-14-4-3-7-28-14)23-21(13)22(27)20(30-23)9-15-17(24)5-2-6-18(15)25/h2-9H,10-12H2,1H3/b20-9-. The van der Waals surface area contributed by atoms with E-state index in [-0.39, 0.29) is 11.5 Å². The molecule has 30 heavy (non-hydrogen) atoms. The van der Waals surface area contributed by atoms with Crippen molar-refractivity contribution in [2.75, 3.05) is 6.73 Å². The van der Waals surface area contributed by atoms with Gasteiger partial charge >= 0.3 is 0 Å². The Kier molecular flexibility index (Phi) is 4.82. The Labute approximate surface area is 183 Å². The number of rotatable bonds is 3. The highest BCUT2D eigenvalue weighted by Gasteiger charge is 2.35. The highest BCUT2D eigenvalue weighted by Crippen LogP contribution is 2.44. The molecule has 0 atom stereocenters. The second kappa shape index (κ2) is 7.51. The number of aryl methyl sites for hydroxylation is 1. The van der Waals surface area contributed by atoms with Crippen molar-refractivity contribution in [3.63, 3.8) is 0 Å². The molecule has 0 unspecified atom stereocenters. The number of carbonyl (C=O) groups excluding carboxylic acids is 1. The fourth-order valence-electron chi connectivity index (χ4n) is 3.78. The molecule has 2 aliphatic heterocycles. The number of furan rings is 1. The number of carbonyl (C=O) groups is 1. The minimum atomic E-state index is -0.190. The molecule has 152 valence electrons. The van der Waals surface area contributed by atoms with Crippen LogP contribution in [0.15, 0.2) is 52.8 Å². The van der Waals surface area contributed by atoms with Crippen molar-refractivity contribution in [2.24, 2.45) is 0 Å². The zero-order valence-electron chi connectivity index (χ0n) is 16.1. The summed E-state index contributed by atoms with van der Waals surface area (Å²) in [4.78, 5) is 15.2. The molecule has 5 rings (SSSR count). The van der Waals surface area contributed by atoms with Gasteiger partial charge in [-0.05, 0) is 48.9 Å². The largest absolute Gasteiger partial charge is 0.478 e. The molecule has 0 saturated heterocycles. The van der Waals surface area contributed by atoms with E-state index in [4.69, 9.17) is 37.1 Å². The smallest absolute Gasteiger partial charge is 0.232 e. The van der Waals surface area contributed by atoms with E-state index in [0.717, 1.165) is 22.6 Å². The lowest BCUT2D eigenvalue weighted by molar-refractivity contribution is 0.0809. The molecule has 2 aromatic carbocycles. The average Bonchev–Trinajstić information content (AvgIpc) is 3.34. The summed E-state index contributed by atoms with van der Waals surface area (Å²) in [6.45, 7) is 3.48. The number of benzene rings is 2. The average molecular weight is 442 g/mol. The molecule has 0 aliphatic carbocycles. The van der Waals surface area contributed by atoms with Crippen LogP contribution in [0.4, 0.5) is 0 Å². The second-order valence-corrected chi connectivity index (χ2v) is 8.10. The summed E-state index contributed by atoms with van der Waals surface area (Å²) in [7, 11) is 0. The van der Waals surface area contributed by atoms with Crippen LogP contribution in [0.25, 0.3) is 6.08 Å². The fraction of sp³-hybridized carbons (Fsp3) is 0.174. The van der Waals surface area contributed by atoms with Gasteiger partial charge in [0.15, 0.2) is 5.76 Å². The van der Waals surface area contributed by atoms with Crippen LogP contribution in [0.2, 0.25) is 10.0 Å². The third-order valence-electron chi connectivity index (χ3n) is 5.22. The normalized spacial score (nSPS) is 16.9. The van der Waals surface area contributed by atoms with Crippen molar-refractivity contribution in [1.82, 2.24) is 4.90 Å². The first-order valence-corrected chi connectivity index (χ1v) is 10.2. The second-order valence-electron chi connectivity index (χ2n) is 7.29. The zero-order chi connectivity index (χ0) is 20.8. The summed E-state index contributed by atoms with van der Waals surface area (Å²) in [5, 5.41) is 0.906. The van der Waals surface area contributed by atoms with Crippen LogP contribution in [-0.2, 0) is 13.1 Å². The topological polar surface area (TPSA) is 51.9 Å². The van der Waals surface area contributed by atoms with E-state index in [9.17, 15) is 4.79 Å². The summed E-state index contributed by atoms with van der Waals surface area (Å²) >= 11 is 12.5. The van der Waals surface area contributed by atoms with Gasteiger partial charge in [-0.2, -0.15) is 0 Å². The Morgan fingerprint density at radius 3 is 2.70 bits per heavy atom. The SMILES string of the molecule is Cc1cc2c(c3c1C(=O)/C(=C/c1c(Cl)cccc1Cl)O3)CN(Cc1ccco1)CO2. The Hall–Kier alpha value is -2.73. The van der Waals surface area contributed by atoms with Crippen molar-refractivity contribution in [2.45, 2.75) is 20.0 Å². The number of nitrogens with zero attached hydrogens (tertiary/aromatic N) is 1. The Morgan fingerprint density at radius 2 is 1.97 bits per heavy atom. The lowest BCUT2D eigenvalue weighted by Crippen LogP contribution is -2.31. The monoisotopic (exact) mass is 441 g/mol. The number of ketones is 1. The van der Waals surface area contributed by atoms with Crippen molar-refractivity contribution in [3.8, 4) is 11.5 Å². The van der Waals surface area contributed by atoms with Crippen LogP contribution < -0.4 is 9.47 Å². The molecule has 5 nitrogen and oxygen atoms in total. The molecule has 0 spiro atoms. The van der Waals surface area contributed by atoms with E-state index in [1.165, 1.54) is 0 Å². The van der Waals surface area contributed by atoms with E-state index >= 15 is 0 Å². The van der Waals surface area contributed by atoms with E-state index in [2.05, 4.69) is 4.90 Å². The summed E-state index contributed by atoms with van der Waals surface area (Å²) in [6, 6.07) is 10.9. The van der Waals surface area contributed by atoms with Crippen molar-refractivity contribution in [3.05, 3.63) is 86.5 Å². The van der Waals surface area contributed by atoms with Gasteiger partial charge in [-0.15, -0.1) is 0 Å². The van der Waals surface area contributed by atoms with Crippen LogP contribution in [0, 0.1) is 6.92 Å². The predicted molar refractivity (Wildman–Crippen MR) is 114 cm³/mol. The molecule has 7 heteroatoms. The Bertz CT molecular complexity index is 1160. The van der Waals surface area contributed by atoms with Crippen LogP contribution in [0.1, 0.15) is 32.8 Å². The minimum Gasteiger partial charge on any atom is -0.478 e. The number of Topliss-reactive ketones (excluding diaryl/α,β-unsaturated/α-hetero) is 1.